The molecule has 1 aliphatic carbocycles. The Labute approximate surface area is 153 Å². The van der Waals surface area contributed by atoms with Gasteiger partial charge in [-0.05, 0) is 60.6 Å². The second kappa shape index (κ2) is 8.77. The summed E-state index contributed by atoms with van der Waals surface area (Å²) in [6.07, 6.45) is 4.70. The maximum Gasteiger partial charge on any atom is 0.315 e. The van der Waals surface area contributed by atoms with Gasteiger partial charge in [-0.3, -0.25) is 0 Å². The molecule has 0 heterocycles. The summed E-state index contributed by atoms with van der Waals surface area (Å²) in [5.74, 6) is 0.959. The summed E-state index contributed by atoms with van der Waals surface area (Å²) in [6.45, 7) is 1.40. The van der Waals surface area contributed by atoms with Gasteiger partial charge in [0.25, 0.3) is 0 Å². The van der Waals surface area contributed by atoms with Crippen molar-refractivity contribution in [3.63, 3.8) is 0 Å². The number of carbonyl (C=O) groups is 1. The van der Waals surface area contributed by atoms with Crippen LogP contribution in [0, 0.1) is 0 Å². The third-order valence-electron chi connectivity index (χ3n) is 4.36. The van der Waals surface area contributed by atoms with E-state index in [0.29, 0.717) is 24.7 Å². The smallest absolute Gasteiger partial charge is 0.315 e. The van der Waals surface area contributed by atoms with Crippen LogP contribution in [0.1, 0.15) is 29.5 Å². The molecule has 0 atom stereocenters. The predicted molar refractivity (Wildman–Crippen MR) is 100 cm³/mol. The molecule has 1 aliphatic rings. The number of hydrogen-bond acceptors (Lipinski definition) is 2. The van der Waals surface area contributed by atoms with Crippen LogP contribution in [-0.2, 0) is 19.4 Å². The van der Waals surface area contributed by atoms with Crippen molar-refractivity contribution in [2.75, 3.05) is 13.2 Å². The lowest BCUT2D eigenvalue weighted by Crippen LogP contribution is -2.37. The van der Waals surface area contributed by atoms with Gasteiger partial charge in [0.15, 0.2) is 0 Å². The summed E-state index contributed by atoms with van der Waals surface area (Å²) in [5, 5.41) is 6.32. The first-order chi connectivity index (χ1) is 12.2. The molecule has 2 amide bonds. The number of aryl methyl sites for hydroxylation is 1. The number of ether oxygens (including phenoxy) is 1. The van der Waals surface area contributed by atoms with Crippen LogP contribution in [0.25, 0.3) is 0 Å². The summed E-state index contributed by atoms with van der Waals surface area (Å²) in [4.78, 5) is 11.8. The molecule has 4 nitrogen and oxygen atoms in total. The Morgan fingerprint density at radius 3 is 2.68 bits per heavy atom. The topological polar surface area (TPSA) is 50.4 Å². The second-order valence-corrected chi connectivity index (χ2v) is 6.62. The molecule has 5 heteroatoms. The summed E-state index contributed by atoms with van der Waals surface area (Å²) < 4.78 is 5.87. The molecule has 0 aliphatic heterocycles. The average molecular weight is 359 g/mol. The van der Waals surface area contributed by atoms with Crippen molar-refractivity contribution < 1.29 is 9.53 Å². The third kappa shape index (κ3) is 5.13. The number of halogens is 1. The van der Waals surface area contributed by atoms with Gasteiger partial charge in [-0.15, -0.1) is 0 Å². The van der Waals surface area contributed by atoms with Gasteiger partial charge in [-0.2, -0.15) is 0 Å². The van der Waals surface area contributed by atoms with Crippen molar-refractivity contribution in [2.24, 2.45) is 0 Å². The van der Waals surface area contributed by atoms with Crippen LogP contribution in [0.4, 0.5) is 4.79 Å². The molecule has 0 aromatic heterocycles. The first-order valence-corrected chi connectivity index (χ1v) is 9.10. The molecule has 0 saturated heterocycles. The zero-order chi connectivity index (χ0) is 17.5. The lowest BCUT2D eigenvalue weighted by Gasteiger charge is -2.19. The van der Waals surface area contributed by atoms with Crippen molar-refractivity contribution in [1.29, 1.82) is 0 Å². The molecule has 3 rings (SSSR count). The zero-order valence-electron chi connectivity index (χ0n) is 14.2. The lowest BCUT2D eigenvalue weighted by molar-refractivity contribution is 0.236. The minimum absolute atomic E-state index is 0.200. The van der Waals surface area contributed by atoms with E-state index < -0.39 is 0 Å². The summed E-state index contributed by atoms with van der Waals surface area (Å²) in [6, 6.07) is 13.5. The second-order valence-electron chi connectivity index (χ2n) is 6.19. The Kier molecular flexibility index (Phi) is 6.18. The van der Waals surface area contributed by atoms with E-state index in [1.54, 1.807) is 0 Å². The molecule has 2 N–H and O–H groups in total. The van der Waals surface area contributed by atoms with Gasteiger partial charge in [-0.1, -0.05) is 35.9 Å². The van der Waals surface area contributed by atoms with Gasteiger partial charge in [0.1, 0.15) is 12.4 Å². The fourth-order valence-electron chi connectivity index (χ4n) is 3.05. The molecule has 25 heavy (non-hydrogen) atoms. The highest BCUT2D eigenvalue weighted by molar-refractivity contribution is 6.30. The minimum Gasteiger partial charge on any atom is -0.491 e. The van der Waals surface area contributed by atoms with E-state index in [0.717, 1.165) is 24.2 Å². The van der Waals surface area contributed by atoms with Crippen molar-refractivity contribution >= 4 is 17.6 Å². The molecule has 0 radical (unpaired) electrons. The van der Waals surface area contributed by atoms with E-state index >= 15 is 0 Å². The fourth-order valence-corrected chi connectivity index (χ4v) is 3.18. The Morgan fingerprint density at radius 2 is 1.84 bits per heavy atom. The molecule has 0 saturated carbocycles. The van der Waals surface area contributed by atoms with E-state index in [2.05, 4.69) is 16.7 Å². The predicted octanol–water partition coefficient (Wildman–Crippen LogP) is 4.10. The van der Waals surface area contributed by atoms with Crippen molar-refractivity contribution in [1.82, 2.24) is 10.6 Å². The molecule has 2 aromatic carbocycles. The Morgan fingerprint density at radius 1 is 1.04 bits per heavy atom. The minimum atomic E-state index is -0.200. The first kappa shape index (κ1) is 17.6. The highest BCUT2D eigenvalue weighted by atomic mass is 35.5. The van der Waals surface area contributed by atoms with Gasteiger partial charge >= 0.3 is 6.03 Å². The van der Waals surface area contributed by atoms with Crippen LogP contribution in [0.3, 0.4) is 0 Å². The SMILES string of the molecule is O=C(NCCOc1cccc2c1CCCC2)NCc1ccc(Cl)cc1. The molecule has 2 aromatic rings. The van der Waals surface area contributed by atoms with Gasteiger partial charge in [0.2, 0.25) is 0 Å². The van der Waals surface area contributed by atoms with Crippen molar-refractivity contribution in [3.8, 4) is 5.75 Å². The highest BCUT2D eigenvalue weighted by Crippen LogP contribution is 2.29. The molecule has 0 bridgehead atoms. The zero-order valence-corrected chi connectivity index (χ0v) is 14.9. The molecule has 0 fully saturated rings. The third-order valence-corrected chi connectivity index (χ3v) is 4.62. The fraction of sp³-hybridized carbons (Fsp3) is 0.350. The van der Waals surface area contributed by atoms with E-state index in [9.17, 15) is 4.79 Å². The molecule has 0 spiro atoms. The summed E-state index contributed by atoms with van der Waals surface area (Å²) in [7, 11) is 0. The van der Waals surface area contributed by atoms with Gasteiger partial charge in [0, 0.05) is 11.6 Å². The quantitative estimate of drug-likeness (QED) is 0.764. The monoisotopic (exact) mass is 358 g/mol. The summed E-state index contributed by atoms with van der Waals surface area (Å²) >= 11 is 5.84. The maximum atomic E-state index is 11.8. The number of fused-ring (bicyclic) bond motifs is 1. The van der Waals surface area contributed by atoms with E-state index in [1.807, 2.05) is 36.4 Å². The van der Waals surface area contributed by atoms with Gasteiger partial charge in [-0.25, -0.2) is 4.79 Å². The van der Waals surface area contributed by atoms with E-state index in [4.69, 9.17) is 16.3 Å². The van der Waals surface area contributed by atoms with Crippen LogP contribution in [0.2, 0.25) is 5.02 Å². The summed E-state index contributed by atoms with van der Waals surface area (Å²) in [5.41, 5.74) is 3.74. The Hall–Kier alpha value is -2.20. The van der Waals surface area contributed by atoms with E-state index in [1.165, 1.54) is 24.0 Å². The maximum absolute atomic E-state index is 11.8. The number of carbonyl (C=O) groups excluding carboxylic acids is 1. The van der Waals surface area contributed by atoms with Crippen LogP contribution >= 0.6 is 11.6 Å². The van der Waals surface area contributed by atoms with Crippen molar-refractivity contribution in [3.05, 3.63) is 64.2 Å². The van der Waals surface area contributed by atoms with Gasteiger partial charge < -0.3 is 15.4 Å². The number of hydrogen-bond donors (Lipinski definition) is 2. The standard InChI is InChI=1S/C20H23ClN2O2/c21-17-10-8-15(9-11-17)14-23-20(24)22-12-13-25-19-7-3-5-16-4-1-2-6-18(16)19/h3,5,7-11H,1-2,4,6,12-14H2,(H2,22,23,24). The van der Waals surface area contributed by atoms with Crippen molar-refractivity contribution in [2.45, 2.75) is 32.2 Å². The molecule has 0 unspecified atom stereocenters. The normalized spacial score (nSPS) is 13.0. The number of rotatable bonds is 6. The molecular formula is C20H23ClN2O2. The number of nitrogens with one attached hydrogen (secondary N) is 2. The highest BCUT2D eigenvalue weighted by Gasteiger charge is 2.13. The van der Waals surface area contributed by atoms with Crippen LogP contribution in [0.15, 0.2) is 42.5 Å². The average Bonchev–Trinajstić information content (AvgIpc) is 2.65. The van der Waals surface area contributed by atoms with Crippen LogP contribution < -0.4 is 15.4 Å². The van der Waals surface area contributed by atoms with Gasteiger partial charge in [0.05, 0.1) is 6.54 Å². The largest absolute Gasteiger partial charge is 0.491 e. The van der Waals surface area contributed by atoms with Crippen LogP contribution in [-0.4, -0.2) is 19.2 Å². The molecular weight excluding hydrogens is 336 g/mol. The van der Waals surface area contributed by atoms with E-state index in [-0.39, 0.29) is 6.03 Å². The lowest BCUT2D eigenvalue weighted by atomic mass is 9.91. The Bertz CT molecular complexity index is 716. The number of urea groups is 1. The number of amides is 2. The van der Waals surface area contributed by atoms with Crippen LogP contribution in [0.5, 0.6) is 5.75 Å². The molecule has 132 valence electrons. The Balaban J connectivity index is 1.38. The number of benzene rings is 2. The first-order valence-electron chi connectivity index (χ1n) is 8.72.